The molecular weight excluding hydrogens is 186 g/mol. The summed E-state index contributed by atoms with van der Waals surface area (Å²) in [5, 5.41) is 0.474. The predicted octanol–water partition coefficient (Wildman–Crippen LogP) is 1.82. The van der Waals surface area contributed by atoms with Crippen molar-refractivity contribution in [1.29, 1.82) is 0 Å². The van der Waals surface area contributed by atoms with Crippen molar-refractivity contribution in [2.24, 2.45) is 5.84 Å². The fourth-order valence-corrected chi connectivity index (χ4v) is 1.28. The van der Waals surface area contributed by atoms with Crippen LogP contribution in [-0.2, 0) is 0 Å². The quantitative estimate of drug-likeness (QED) is 0.335. The average Bonchev–Trinajstić information content (AvgIpc) is 2.14. The van der Waals surface area contributed by atoms with Crippen LogP contribution in [0.5, 0.6) is 0 Å². The van der Waals surface area contributed by atoms with Crippen LogP contribution in [0.1, 0.15) is 18.0 Å². The van der Waals surface area contributed by atoms with Crippen LogP contribution >= 0.6 is 11.6 Å². The highest BCUT2D eigenvalue weighted by atomic mass is 35.5. The molecule has 0 radical (unpaired) electrons. The molecule has 3 N–H and O–H groups in total. The van der Waals surface area contributed by atoms with Crippen LogP contribution in [-0.4, -0.2) is 4.98 Å². The summed E-state index contributed by atoms with van der Waals surface area (Å²) in [7, 11) is 0. The molecule has 0 aromatic carbocycles. The molecule has 70 valence electrons. The Morgan fingerprint density at radius 1 is 1.77 bits per heavy atom. The van der Waals surface area contributed by atoms with Crippen molar-refractivity contribution in [1.82, 2.24) is 10.4 Å². The van der Waals surface area contributed by atoms with Crippen molar-refractivity contribution in [2.45, 2.75) is 12.5 Å². The molecule has 1 unspecified atom stereocenters. The van der Waals surface area contributed by atoms with Gasteiger partial charge in [0.15, 0.2) is 0 Å². The number of halogens is 1. The number of nitrogens with two attached hydrogens (primary N) is 1. The number of hydrazine groups is 1. The molecule has 0 saturated carbocycles. The van der Waals surface area contributed by atoms with E-state index in [1.807, 2.05) is 6.07 Å². The Balaban J connectivity index is 2.84. The van der Waals surface area contributed by atoms with Gasteiger partial charge in [0.25, 0.3) is 0 Å². The molecule has 1 aromatic heterocycles. The van der Waals surface area contributed by atoms with Crippen LogP contribution in [0.25, 0.3) is 0 Å². The highest BCUT2D eigenvalue weighted by molar-refractivity contribution is 6.29. The Bertz CT molecular complexity index is 288. The lowest BCUT2D eigenvalue weighted by atomic mass is 10.1. The molecule has 1 atom stereocenters. The van der Waals surface area contributed by atoms with Crippen molar-refractivity contribution in [3.05, 3.63) is 41.7 Å². The van der Waals surface area contributed by atoms with Gasteiger partial charge in [-0.1, -0.05) is 17.7 Å². The standard InChI is InChI=1S/C9H12ClN3/c1-2-3-8(13-11)7-4-5-12-9(10)6-7/h2,4-6,8,13H,1,3,11H2. The number of hydrogen-bond donors (Lipinski definition) is 2. The van der Waals surface area contributed by atoms with Gasteiger partial charge in [0.05, 0.1) is 0 Å². The molecule has 13 heavy (non-hydrogen) atoms. The molecule has 0 aliphatic heterocycles. The number of rotatable bonds is 4. The van der Waals surface area contributed by atoms with Crippen molar-refractivity contribution < 1.29 is 0 Å². The Labute approximate surface area is 82.6 Å². The fraction of sp³-hybridized carbons (Fsp3) is 0.222. The Kier molecular flexibility index (Phi) is 3.89. The van der Waals surface area contributed by atoms with Crippen LogP contribution in [0, 0.1) is 0 Å². The van der Waals surface area contributed by atoms with Crippen LogP contribution in [0.4, 0.5) is 0 Å². The number of hydrogen-bond acceptors (Lipinski definition) is 3. The van der Waals surface area contributed by atoms with Gasteiger partial charge < -0.3 is 0 Å². The van der Waals surface area contributed by atoms with Gasteiger partial charge in [0.1, 0.15) is 5.15 Å². The normalized spacial score (nSPS) is 12.5. The lowest BCUT2D eigenvalue weighted by Gasteiger charge is -2.13. The molecule has 0 spiro atoms. The number of aromatic nitrogens is 1. The summed E-state index contributed by atoms with van der Waals surface area (Å²) in [6.45, 7) is 3.65. The predicted molar refractivity (Wildman–Crippen MR) is 54.1 cm³/mol. The van der Waals surface area contributed by atoms with Crippen molar-refractivity contribution in [3.63, 3.8) is 0 Å². The van der Waals surface area contributed by atoms with E-state index in [0.29, 0.717) is 5.15 Å². The Hall–Kier alpha value is -0.900. The van der Waals surface area contributed by atoms with E-state index < -0.39 is 0 Å². The summed E-state index contributed by atoms with van der Waals surface area (Å²) < 4.78 is 0. The molecule has 0 amide bonds. The van der Waals surface area contributed by atoms with E-state index in [0.717, 1.165) is 12.0 Å². The summed E-state index contributed by atoms with van der Waals surface area (Å²) in [5.74, 6) is 5.38. The van der Waals surface area contributed by atoms with Crippen LogP contribution in [0.15, 0.2) is 31.0 Å². The first-order valence-corrected chi connectivity index (χ1v) is 4.34. The topological polar surface area (TPSA) is 50.9 Å². The van der Waals surface area contributed by atoms with Gasteiger partial charge >= 0.3 is 0 Å². The second-order valence-electron chi connectivity index (χ2n) is 2.66. The zero-order valence-corrected chi connectivity index (χ0v) is 7.96. The third kappa shape index (κ3) is 2.81. The number of pyridine rings is 1. The molecule has 0 fully saturated rings. The van der Waals surface area contributed by atoms with E-state index in [9.17, 15) is 0 Å². The van der Waals surface area contributed by atoms with E-state index >= 15 is 0 Å². The minimum Gasteiger partial charge on any atom is -0.271 e. The summed E-state index contributed by atoms with van der Waals surface area (Å²) in [4.78, 5) is 3.89. The molecule has 0 aliphatic rings. The first kappa shape index (κ1) is 10.2. The van der Waals surface area contributed by atoms with Crippen molar-refractivity contribution in [3.8, 4) is 0 Å². The van der Waals surface area contributed by atoms with E-state index in [1.54, 1.807) is 18.3 Å². The lowest BCUT2D eigenvalue weighted by Crippen LogP contribution is -2.27. The third-order valence-electron chi connectivity index (χ3n) is 1.76. The average molecular weight is 198 g/mol. The number of nitrogens with zero attached hydrogens (tertiary/aromatic N) is 1. The maximum Gasteiger partial charge on any atom is 0.129 e. The maximum absolute atomic E-state index is 5.74. The molecule has 1 rings (SSSR count). The highest BCUT2D eigenvalue weighted by Crippen LogP contribution is 2.17. The van der Waals surface area contributed by atoms with Gasteiger partial charge in [-0.25, -0.2) is 4.98 Å². The summed E-state index contributed by atoms with van der Waals surface area (Å²) in [6.07, 6.45) is 4.22. The Morgan fingerprint density at radius 2 is 2.54 bits per heavy atom. The third-order valence-corrected chi connectivity index (χ3v) is 1.96. The molecular formula is C9H12ClN3. The van der Waals surface area contributed by atoms with Gasteiger partial charge in [-0.2, -0.15) is 0 Å². The van der Waals surface area contributed by atoms with Crippen molar-refractivity contribution >= 4 is 11.6 Å². The zero-order chi connectivity index (χ0) is 9.68. The molecule has 0 aliphatic carbocycles. The monoisotopic (exact) mass is 197 g/mol. The van der Waals surface area contributed by atoms with E-state index in [4.69, 9.17) is 17.4 Å². The molecule has 4 heteroatoms. The maximum atomic E-state index is 5.74. The summed E-state index contributed by atoms with van der Waals surface area (Å²) in [5.41, 5.74) is 3.70. The van der Waals surface area contributed by atoms with Gasteiger partial charge in [-0.05, 0) is 24.1 Å². The largest absolute Gasteiger partial charge is 0.271 e. The molecule has 1 heterocycles. The first-order valence-electron chi connectivity index (χ1n) is 3.96. The van der Waals surface area contributed by atoms with Gasteiger partial charge in [0.2, 0.25) is 0 Å². The smallest absolute Gasteiger partial charge is 0.129 e. The minimum absolute atomic E-state index is 0.0537. The molecule has 1 aromatic rings. The summed E-state index contributed by atoms with van der Waals surface area (Å²) >= 11 is 5.74. The van der Waals surface area contributed by atoms with Crippen LogP contribution in [0.2, 0.25) is 5.15 Å². The van der Waals surface area contributed by atoms with Gasteiger partial charge in [0, 0.05) is 12.2 Å². The lowest BCUT2D eigenvalue weighted by molar-refractivity contribution is 0.561. The second kappa shape index (κ2) is 4.97. The fourth-order valence-electron chi connectivity index (χ4n) is 1.10. The molecule has 0 bridgehead atoms. The van der Waals surface area contributed by atoms with Crippen molar-refractivity contribution in [2.75, 3.05) is 0 Å². The van der Waals surface area contributed by atoms with E-state index in [-0.39, 0.29) is 6.04 Å². The molecule has 3 nitrogen and oxygen atoms in total. The van der Waals surface area contributed by atoms with E-state index in [1.165, 1.54) is 0 Å². The minimum atomic E-state index is 0.0537. The highest BCUT2D eigenvalue weighted by Gasteiger charge is 2.07. The SMILES string of the molecule is C=CCC(NN)c1ccnc(Cl)c1. The van der Waals surface area contributed by atoms with Crippen LogP contribution in [0.3, 0.4) is 0 Å². The zero-order valence-electron chi connectivity index (χ0n) is 7.20. The van der Waals surface area contributed by atoms with E-state index in [2.05, 4.69) is 17.0 Å². The molecule has 0 saturated heterocycles. The number of nitrogens with one attached hydrogen (secondary N) is 1. The second-order valence-corrected chi connectivity index (χ2v) is 3.04. The van der Waals surface area contributed by atoms with Gasteiger partial charge in [-0.3, -0.25) is 11.3 Å². The summed E-state index contributed by atoms with van der Waals surface area (Å²) in [6, 6.07) is 3.72. The Morgan fingerprint density at radius 3 is 3.08 bits per heavy atom. The van der Waals surface area contributed by atoms with Gasteiger partial charge in [-0.15, -0.1) is 6.58 Å². The first-order chi connectivity index (χ1) is 6.27. The van der Waals surface area contributed by atoms with Crippen LogP contribution < -0.4 is 11.3 Å².